The average Bonchev–Trinajstić information content (AvgIpc) is 3.20. The van der Waals surface area contributed by atoms with Crippen LogP contribution in [-0.2, 0) is 10.0 Å². The topological polar surface area (TPSA) is 87.7 Å². The van der Waals surface area contributed by atoms with E-state index in [0.29, 0.717) is 6.42 Å². The number of aryl methyl sites for hydroxylation is 1. The summed E-state index contributed by atoms with van der Waals surface area (Å²) >= 11 is 0. The minimum atomic E-state index is -3.65. The van der Waals surface area contributed by atoms with Crippen molar-refractivity contribution in [3.05, 3.63) is 59.4 Å². The highest BCUT2D eigenvalue weighted by atomic mass is 32.2. The zero-order valence-electron chi connectivity index (χ0n) is 14.1. The molecule has 0 saturated carbocycles. The molecule has 8 heteroatoms. The van der Waals surface area contributed by atoms with Crippen LogP contribution in [0.1, 0.15) is 32.8 Å². The fourth-order valence-corrected chi connectivity index (χ4v) is 4.91. The predicted octanol–water partition coefficient (Wildman–Crippen LogP) is 1.45. The Morgan fingerprint density at radius 2 is 1.81 bits per heavy atom. The molecule has 1 saturated heterocycles. The highest BCUT2D eigenvalue weighted by Gasteiger charge is 2.45. The first-order valence-electron chi connectivity index (χ1n) is 8.29. The molecule has 0 aliphatic carbocycles. The molecule has 1 aromatic carbocycles. The van der Waals surface area contributed by atoms with Crippen molar-refractivity contribution in [1.29, 1.82) is 0 Å². The summed E-state index contributed by atoms with van der Waals surface area (Å²) in [5.41, 5.74) is 1.39. The van der Waals surface area contributed by atoms with Gasteiger partial charge >= 0.3 is 0 Å². The first kappa shape index (κ1) is 16.9. The van der Waals surface area contributed by atoms with E-state index in [-0.39, 0.29) is 29.2 Å². The molecule has 1 atom stereocenters. The van der Waals surface area contributed by atoms with Gasteiger partial charge in [0.2, 0.25) is 10.0 Å². The summed E-state index contributed by atoms with van der Waals surface area (Å²) in [7, 11) is -3.65. The molecule has 1 fully saturated rings. The van der Waals surface area contributed by atoms with Crippen LogP contribution in [0, 0.1) is 6.92 Å². The van der Waals surface area contributed by atoms with Crippen LogP contribution in [0.25, 0.3) is 0 Å². The molecular formula is C18H17N3O4S. The van der Waals surface area contributed by atoms with Crippen LogP contribution < -0.4 is 0 Å². The number of aromatic nitrogens is 1. The third-order valence-electron chi connectivity index (χ3n) is 4.83. The molecule has 0 radical (unpaired) electrons. The molecular weight excluding hydrogens is 354 g/mol. The predicted molar refractivity (Wildman–Crippen MR) is 93.1 cm³/mol. The van der Waals surface area contributed by atoms with Gasteiger partial charge in [-0.2, -0.15) is 4.31 Å². The highest BCUT2D eigenvalue weighted by molar-refractivity contribution is 7.89. The normalized spacial score (nSPS) is 20.7. The fourth-order valence-electron chi connectivity index (χ4n) is 3.42. The molecule has 3 heterocycles. The first-order chi connectivity index (χ1) is 12.4. The summed E-state index contributed by atoms with van der Waals surface area (Å²) in [6.45, 7) is 2.25. The van der Waals surface area contributed by atoms with Crippen LogP contribution >= 0.6 is 0 Å². The molecule has 2 aromatic rings. The zero-order valence-corrected chi connectivity index (χ0v) is 14.9. The summed E-state index contributed by atoms with van der Waals surface area (Å²) in [5, 5.41) is 0. The van der Waals surface area contributed by atoms with Crippen LogP contribution in [0.2, 0.25) is 0 Å². The number of carbonyl (C=O) groups is 2. The van der Waals surface area contributed by atoms with E-state index in [4.69, 9.17) is 0 Å². The lowest BCUT2D eigenvalue weighted by Crippen LogP contribution is -2.42. The number of sulfonamides is 1. The van der Waals surface area contributed by atoms with Crippen molar-refractivity contribution in [2.45, 2.75) is 24.3 Å². The van der Waals surface area contributed by atoms with Crippen LogP contribution in [-0.4, -0.2) is 53.6 Å². The van der Waals surface area contributed by atoms with E-state index in [1.807, 2.05) is 6.92 Å². The maximum absolute atomic E-state index is 12.8. The molecule has 2 aliphatic heterocycles. The summed E-state index contributed by atoms with van der Waals surface area (Å²) in [5.74, 6) is -0.858. The summed E-state index contributed by atoms with van der Waals surface area (Å²) < 4.78 is 27.0. The quantitative estimate of drug-likeness (QED) is 0.762. The Hall–Kier alpha value is -2.58. The Morgan fingerprint density at radius 3 is 2.50 bits per heavy atom. The number of imide groups is 1. The Morgan fingerprint density at radius 1 is 1.08 bits per heavy atom. The van der Waals surface area contributed by atoms with Gasteiger partial charge < -0.3 is 0 Å². The monoisotopic (exact) mass is 371 g/mol. The lowest BCUT2D eigenvalue weighted by molar-refractivity contribution is 0.0591. The van der Waals surface area contributed by atoms with Gasteiger partial charge in [-0.15, -0.1) is 0 Å². The number of hydrogen-bond donors (Lipinski definition) is 0. The molecule has 7 nitrogen and oxygen atoms in total. The van der Waals surface area contributed by atoms with Gasteiger partial charge in [-0.05, 0) is 37.6 Å². The summed E-state index contributed by atoms with van der Waals surface area (Å²) in [4.78, 5) is 30.5. The van der Waals surface area contributed by atoms with Crippen molar-refractivity contribution in [2.75, 3.05) is 13.1 Å². The van der Waals surface area contributed by atoms with Crippen LogP contribution in [0.4, 0.5) is 0 Å². The summed E-state index contributed by atoms with van der Waals surface area (Å²) in [6.07, 6.45) is 1.88. The zero-order chi connectivity index (χ0) is 18.5. The minimum absolute atomic E-state index is 0.0989. The second-order valence-corrected chi connectivity index (χ2v) is 8.44. The second kappa shape index (κ2) is 6.00. The first-order valence-corrected chi connectivity index (χ1v) is 9.73. The highest BCUT2D eigenvalue weighted by Crippen LogP contribution is 2.29. The number of carbonyl (C=O) groups excluding carboxylic acids is 2. The van der Waals surface area contributed by atoms with Crippen LogP contribution in [0.5, 0.6) is 0 Å². The number of hydrogen-bond acceptors (Lipinski definition) is 5. The third-order valence-corrected chi connectivity index (χ3v) is 6.71. The van der Waals surface area contributed by atoms with Crippen molar-refractivity contribution in [3.63, 3.8) is 0 Å². The van der Waals surface area contributed by atoms with Crippen molar-refractivity contribution in [3.8, 4) is 0 Å². The molecule has 26 heavy (non-hydrogen) atoms. The van der Waals surface area contributed by atoms with E-state index in [1.165, 1.54) is 10.5 Å². The number of pyridine rings is 1. The van der Waals surface area contributed by atoms with Crippen molar-refractivity contribution in [2.24, 2.45) is 0 Å². The van der Waals surface area contributed by atoms with E-state index in [1.54, 1.807) is 36.4 Å². The molecule has 1 unspecified atom stereocenters. The second-order valence-electron chi connectivity index (χ2n) is 6.50. The molecule has 0 spiro atoms. The van der Waals surface area contributed by atoms with Gasteiger partial charge in [-0.3, -0.25) is 19.5 Å². The van der Waals surface area contributed by atoms with Gasteiger partial charge in [-0.25, -0.2) is 8.42 Å². The Balaban J connectivity index is 1.57. The number of nitrogens with zero attached hydrogens (tertiary/aromatic N) is 3. The molecule has 0 N–H and O–H groups in total. The van der Waals surface area contributed by atoms with Crippen molar-refractivity contribution >= 4 is 21.8 Å². The van der Waals surface area contributed by atoms with Gasteiger partial charge in [0, 0.05) is 19.3 Å². The Bertz CT molecular complexity index is 966. The number of amides is 2. The molecule has 0 bridgehead atoms. The van der Waals surface area contributed by atoms with E-state index in [0.717, 1.165) is 10.5 Å². The van der Waals surface area contributed by atoms with Crippen molar-refractivity contribution in [1.82, 2.24) is 14.2 Å². The van der Waals surface area contributed by atoms with Crippen molar-refractivity contribution < 1.29 is 18.0 Å². The molecule has 1 aromatic heterocycles. The molecule has 134 valence electrons. The van der Waals surface area contributed by atoms with Gasteiger partial charge in [-0.1, -0.05) is 17.7 Å². The van der Waals surface area contributed by atoms with Crippen LogP contribution in [0.15, 0.2) is 47.5 Å². The molecule has 4 rings (SSSR count). The average molecular weight is 371 g/mol. The smallest absolute Gasteiger partial charge is 0.268 e. The number of fused-ring (bicyclic) bond motifs is 1. The molecule has 2 amide bonds. The van der Waals surface area contributed by atoms with E-state index in [9.17, 15) is 18.0 Å². The lowest BCUT2D eigenvalue weighted by Gasteiger charge is -2.22. The van der Waals surface area contributed by atoms with E-state index < -0.39 is 27.9 Å². The Labute approximate surface area is 151 Å². The van der Waals surface area contributed by atoms with Gasteiger partial charge in [0.25, 0.3) is 11.8 Å². The summed E-state index contributed by atoms with van der Waals surface area (Å²) in [6, 6.07) is 9.33. The van der Waals surface area contributed by atoms with Gasteiger partial charge in [0.05, 0.1) is 16.5 Å². The number of benzene rings is 1. The fraction of sp³-hybridized carbons (Fsp3) is 0.278. The largest absolute Gasteiger partial charge is 0.280 e. The minimum Gasteiger partial charge on any atom is -0.268 e. The maximum Gasteiger partial charge on any atom is 0.280 e. The standard InChI is InChI=1S/C18H17N3O4S/c1-12-4-6-14(7-5-12)26(24,25)20-10-8-13(11-20)21-17(22)15-3-2-9-19-16(15)18(21)23/h2-7,9,13H,8,10-11H2,1H3. The molecule has 2 aliphatic rings. The van der Waals surface area contributed by atoms with Crippen LogP contribution in [0.3, 0.4) is 0 Å². The third kappa shape index (κ3) is 2.53. The van der Waals surface area contributed by atoms with Gasteiger partial charge in [0.15, 0.2) is 0 Å². The van der Waals surface area contributed by atoms with E-state index in [2.05, 4.69) is 4.98 Å². The van der Waals surface area contributed by atoms with Gasteiger partial charge in [0.1, 0.15) is 5.69 Å². The van der Waals surface area contributed by atoms with E-state index >= 15 is 0 Å². The lowest BCUT2D eigenvalue weighted by atomic mass is 10.2. The maximum atomic E-state index is 12.8. The Kier molecular flexibility index (Phi) is 3.89. The SMILES string of the molecule is Cc1ccc(S(=O)(=O)N2CCC(N3C(=O)c4cccnc4C3=O)C2)cc1. The number of rotatable bonds is 3.